The van der Waals surface area contributed by atoms with Crippen LogP contribution in [-0.2, 0) is 0 Å². The molecule has 0 radical (unpaired) electrons. The SMILES string of the molecule is C#CC(NC)c1cc2ccc(F)cc2s1. The standard InChI is InChI=1S/C12H10FNS/c1-3-10(14-2)12-6-8-4-5-9(13)7-11(8)15-12/h1,4-7,10,14H,2H3. The van der Waals surface area contributed by atoms with Crippen LogP contribution in [0.1, 0.15) is 10.9 Å². The van der Waals surface area contributed by atoms with Crippen molar-refractivity contribution in [3.8, 4) is 12.3 Å². The van der Waals surface area contributed by atoms with Crippen molar-refractivity contribution in [3.63, 3.8) is 0 Å². The third-order valence-corrected chi connectivity index (χ3v) is 3.40. The third-order valence-electron chi connectivity index (χ3n) is 2.24. The molecule has 2 aromatic rings. The van der Waals surface area contributed by atoms with Gasteiger partial charge in [-0.3, -0.25) is 0 Å². The number of thiophene rings is 1. The summed E-state index contributed by atoms with van der Waals surface area (Å²) in [4.78, 5) is 1.04. The average Bonchev–Trinajstić information content (AvgIpc) is 2.62. The first-order valence-electron chi connectivity index (χ1n) is 4.57. The summed E-state index contributed by atoms with van der Waals surface area (Å²) in [7, 11) is 1.81. The van der Waals surface area contributed by atoms with Crippen molar-refractivity contribution in [1.82, 2.24) is 5.32 Å². The predicted molar refractivity (Wildman–Crippen MR) is 62.4 cm³/mol. The van der Waals surface area contributed by atoms with Gasteiger partial charge in [-0.15, -0.1) is 17.8 Å². The Balaban J connectivity index is 2.52. The van der Waals surface area contributed by atoms with Gasteiger partial charge in [0.2, 0.25) is 0 Å². The molecule has 0 amide bonds. The van der Waals surface area contributed by atoms with Gasteiger partial charge < -0.3 is 5.32 Å². The maximum atomic E-state index is 13.0. The van der Waals surface area contributed by atoms with Crippen molar-refractivity contribution in [1.29, 1.82) is 0 Å². The minimum atomic E-state index is -0.211. The summed E-state index contributed by atoms with van der Waals surface area (Å²) in [5.41, 5.74) is 0. The van der Waals surface area contributed by atoms with Gasteiger partial charge in [0.1, 0.15) is 11.9 Å². The summed E-state index contributed by atoms with van der Waals surface area (Å²) >= 11 is 1.52. The van der Waals surface area contributed by atoms with Crippen molar-refractivity contribution in [3.05, 3.63) is 35.0 Å². The molecule has 1 atom stereocenters. The number of fused-ring (bicyclic) bond motifs is 1. The van der Waals surface area contributed by atoms with Crippen molar-refractivity contribution < 1.29 is 4.39 Å². The van der Waals surface area contributed by atoms with Gasteiger partial charge in [0, 0.05) is 9.58 Å². The molecule has 3 heteroatoms. The third kappa shape index (κ3) is 1.87. The van der Waals surface area contributed by atoms with Crippen molar-refractivity contribution in [2.75, 3.05) is 7.05 Å². The molecule has 0 saturated heterocycles. The fourth-order valence-electron chi connectivity index (χ4n) is 1.48. The fourth-order valence-corrected chi connectivity index (χ4v) is 2.64. The van der Waals surface area contributed by atoms with Crippen LogP contribution >= 0.6 is 11.3 Å². The Kier molecular flexibility index (Phi) is 2.72. The van der Waals surface area contributed by atoms with E-state index in [1.807, 2.05) is 13.1 Å². The molecular formula is C12H10FNS. The topological polar surface area (TPSA) is 12.0 Å². The highest BCUT2D eigenvalue weighted by Crippen LogP contribution is 2.29. The minimum Gasteiger partial charge on any atom is -0.302 e. The second kappa shape index (κ2) is 4.01. The lowest BCUT2D eigenvalue weighted by Crippen LogP contribution is -2.12. The normalized spacial score (nSPS) is 12.6. The molecule has 0 aliphatic rings. The second-order valence-corrected chi connectivity index (χ2v) is 4.33. The number of hydrogen-bond acceptors (Lipinski definition) is 2. The molecule has 76 valence electrons. The zero-order valence-corrected chi connectivity index (χ0v) is 9.07. The van der Waals surface area contributed by atoms with E-state index in [1.165, 1.54) is 23.5 Å². The van der Waals surface area contributed by atoms with Crippen LogP contribution in [0, 0.1) is 18.2 Å². The first-order chi connectivity index (χ1) is 7.24. The van der Waals surface area contributed by atoms with Gasteiger partial charge in [-0.25, -0.2) is 4.39 Å². The molecule has 1 N–H and O–H groups in total. The Labute approximate surface area is 91.9 Å². The van der Waals surface area contributed by atoms with Gasteiger partial charge in [0.05, 0.1) is 0 Å². The first kappa shape index (κ1) is 10.2. The van der Waals surface area contributed by atoms with E-state index in [1.54, 1.807) is 6.07 Å². The number of halogens is 1. The van der Waals surface area contributed by atoms with Crippen molar-refractivity contribution >= 4 is 21.4 Å². The summed E-state index contributed by atoms with van der Waals surface area (Å²) < 4.78 is 13.9. The van der Waals surface area contributed by atoms with E-state index in [0.717, 1.165) is 15.0 Å². The molecule has 1 heterocycles. The summed E-state index contributed by atoms with van der Waals surface area (Å²) in [6.45, 7) is 0. The summed E-state index contributed by atoms with van der Waals surface area (Å²) in [6, 6.07) is 6.68. The van der Waals surface area contributed by atoms with Gasteiger partial charge in [-0.1, -0.05) is 12.0 Å². The Bertz CT molecular complexity index is 524. The average molecular weight is 219 g/mol. The Morgan fingerprint density at radius 1 is 1.47 bits per heavy atom. The number of benzene rings is 1. The van der Waals surface area contributed by atoms with Crippen molar-refractivity contribution in [2.24, 2.45) is 0 Å². The highest BCUT2D eigenvalue weighted by atomic mass is 32.1. The van der Waals surface area contributed by atoms with E-state index in [4.69, 9.17) is 6.42 Å². The van der Waals surface area contributed by atoms with Crippen LogP contribution in [0.3, 0.4) is 0 Å². The molecular weight excluding hydrogens is 209 g/mol. The Morgan fingerprint density at radius 2 is 2.27 bits per heavy atom. The highest BCUT2D eigenvalue weighted by molar-refractivity contribution is 7.19. The Hall–Kier alpha value is -1.37. The first-order valence-corrected chi connectivity index (χ1v) is 5.38. The zero-order valence-electron chi connectivity index (χ0n) is 8.25. The molecule has 1 unspecified atom stereocenters. The quantitative estimate of drug-likeness (QED) is 0.766. The lowest BCUT2D eigenvalue weighted by atomic mass is 10.2. The highest BCUT2D eigenvalue weighted by Gasteiger charge is 2.09. The minimum absolute atomic E-state index is 0.0922. The number of terminal acetylenes is 1. The fraction of sp³-hybridized carbons (Fsp3) is 0.167. The van der Waals surface area contributed by atoms with Gasteiger partial charge in [-0.05, 0) is 30.6 Å². The largest absolute Gasteiger partial charge is 0.302 e. The van der Waals surface area contributed by atoms with Crippen LogP contribution in [-0.4, -0.2) is 7.05 Å². The van der Waals surface area contributed by atoms with Gasteiger partial charge >= 0.3 is 0 Å². The molecule has 1 aromatic heterocycles. The van der Waals surface area contributed by atoms with E-state index in [2.05, 4.69) is 11.2 Å². The molecule has 2 rings (SSSR count). The maximum Gasteiger partial charge on any atom is 0.124 e. The van der Waals surface area contributed by atoms with Gasteiger partial charge in [0.15, 0.2) is 0 Å². The lowest BCUT2D eigenvalue weighted by Gasteiger charge is -2.04. The predicted octanol–water partition coefficient (Wildman–Crippen LogP) is 2.93. The zero-order chi connectivity index (χ0) is 10.8. The maximum absolute atomic E-state index is 13.0. The molecule has 1 aromatic carbocycles. The molecule has 0 aliphatic carbocycles. The van der Waals surface area contributed by atoms with Crippen LogP contribution in [0.25, 0.3) is 10.1 Å². The van der Waals surface area contributed by atoms with Crippen LogP contribution in [0.4, 0.5) is 4.39 Å². The molecule has 0 saturated carbocycles. The van der Waals surface area contributed by atoms with Crippen LogP contribution < -0.4 is 5.32 Å². The second-order valence-electron chi connectivity index (χ2n) is 3.22. The number of nitrogens with one attached hydrogen (secondary N) is 1. The molecule has 0 spiro atoms. The van der Waals surface area contributed by atoms with E-state index in [-0.39, 0.29) is 11.9 Å². The smallest absolute Gasteiger partial charge is 0.124 e. The molecule has 0 aliphatic heterocycles. The van der Waals surface area contributed by atoms with Crippen molar-refractivity contribution in [2.45, 2.75) is 6.04 Å². The molecule has 0 fully saturated rings. The Morgan fingerprint density at radius 3 is 2.93 bits per heavy atom. The van der Waals surface area contributed by atoms with Crippen LogP contribution in [0.2, 0.25) is 0 Å². The van der Waals surface area contributed by atoms with Gasteiger partial charge in [0.25, 0.3) is 0 Å². The summed E-state index contributed by atoms with van der Waals surface area (Å²) in [5, 5.41) is 4.06. The molecule has 1 nitrogen and oxygen atoms in total. The number of rotatable bonds is 2. The van der Waals surface area contributed by atoms with Crippen LogP contribution in [0.15, 0.2) is 24.3 Å². The van der Waals surface area contributed by atoms with E-state index >= 15 is 0 Å². The number of hydrogen-bond donors (Lipinski definition) is 1. The van der Waals surface area contributed by atoms with E-state index in [9.17, 15) is 4.39 Å². The molecule has 15 heavy (non-hydrogen) atoms. The van der Waals surface area contributed by atoms with E-state index in [0.29, 0.717) is 0 Å². The lowest BCUT2D eigenvalue weighted by molar-refractivity contribution is 0.630. The summed E-state index contributed by atoms with van der Waals surface area (Å²) in [6.07, 6.45) is 5.39. The summed E-state index contributed by atoms with van der Waals surface area (Å²) in [5.74, 6) is 2.44. The van der Waals surface area contributed by atoms with Gasteiger partial charge in [-0.2, -0.15) is 0 Å². The van der Waals surface area contributed by atoms with E-state index < -0.39 is 0 Å². The molecule has 0 bridgehead atoms. The van der Waals surface area contributed by atoms with Crippen LogP contribution in [0.5, 0.6) is 0 Å². The monoisotopic (exact) mass is 219 g/mol.